The number of nitrogens with zero attached hydrogens (tertiary/aromatic N) is 1. The van der Waals surface area contributed by atoms with Crippen LogP contribution < -0.4 is 10.8 Å². The van der Waals surface area contributed by atoms with E-state index in [0.717, 1.165) is 56.6 Å². The highest BCUT2D eigenvalue weighted by atomic mass is 35.5. The molecule has 3 unspecified atom stereocenters. The van der Waals surface area contributed by atoms with Crippen LogP contribution in [-0.2, 0) is 16.9 Å². The molecule has 2 fully saturated rings. The topological polar surface area (TPSA) is 36.5 Å². The van der Waals surface area contributed by atoms with Crippen LogP contribution in [0.2, 0.25) is 5.02 Å². The van der Waals surface area contributed by atoms with E-state index in [1.807, 2.05) is 6.07 Å². The van der Waals surface area contributed by atoms with Gasteiger partial charge in [0.25, 0.3) is 0 Å². The van der Waals surface area contributed by atoms with Crippen LogP contribution in [0.25, 0.3) is 0 Å². The molecule has 1 aromatic carbocycles. The van der Waals surface area contributed by atoms with Crippen LogP contribution >= 0.6 is 11.6 Å². The maximum Gasteiger partial charge on any atom is 0.130 e. The zero-order valence-corrected chi connectivity index (χ0v) is 22.2. The Kier molecular flexibility index (Phi) is 8.96. The fraction of sp³-hybridized carbons (Fsp3) is 0.586. The Balaban J connectivity index is 1.46. The number of benzene rings is 1. The van der Waals surface area contributed by atoms with Gasteiger partial charge in [-0.2, -0.15) is 5.48 Å². The van der Waals surface area contributed by atoms with Crippen molar-refractivity contribution in [1.29, 1.82) is 0 Å². The Morgan fingerprint density at radius 2 is 2.17 bits per heavy atom. The lowest BCUT2D eigenvalue weighted by molar-refractivity contribution is -0.0897. The van der Waals surface area contributed by atoms with Gasteiger partial charge >= 0.3 is 0 Å². The Hall–Kier alpha value is -1.82. The van der Waals surface area contributed by atoms with Crippen LogP contribution in [0.4, 0.5) is 4.39 Å². The minimum atomic E-state index is -0.518. The van der Waals surface area contributed by atoms with E-state index < -0.39 is 5.54 Å². The molecule has 2 N–H and O–H groups in total. The normalized spacial score (nSPS) is 28.1. The fourth-order valence-electron chi connectivity index (χ4n) is 5.44. The number of nitrogens with one attached hydrogen (secondary N) is 2. The molecule has 0 spiro atoms. The minimum absolute atomic E-state index is 0.203. The molecule has 1 saturated carbocycles. The van der Waals surface area contributed by atoms with Crippen LogP contribution in [0.1, 0.15) is 76.8 Å². The second-order valence-corrected chi connectivity index (χ2v) is 10.8. The maximum absolute atomic E-state index is 15.4. The van der Waals surface area contributed by atoms with Crippen molar-refractivity contribution in [3.05, 3.63) is 70.3 Å². The zero-order chi connectivity index (χ0) is 24.8. The number of unbranched alkanes of at least 4 members (excludes halogenated alkanes) is 1. The molecule has 4 atom stereocenters. The molecule has 1 aromatic rings. The van der Waals surface area contributed by atoms with E-state index >= 15 is 4.39 Å². The standard InChI is InChI=1S/C29H41ClFN3O/c1-4-6-7-8-13-28-32-16-17-34(28)20-24-25(30)18-22(19-26(24)31)29(14-10-15-29)33-35-27-12-9-11-23(27)21(3)5-2/h7-8,10,13-14,18-19,21,23,27,32-33H,4-6,9,11-12,15-17,20H2,1-3H3/b8-7-,28-13+/t21?,23-,27?,29?/m0/s1. The van der Waals surface area contributed by atoms with Gasteiger partial charge in [-0.05, 0) is 61.3 Å². The van der Waals surface area contributed by atoms with Crippen molar-refractivity contribution in [3.8, 4) is 0 Å². The van der Waals surface area contributed by atoms with Gasteiger partial charge in [0.1, 0.15) is 11.6 Å². The Labute approximate surface area is 215 Å². The summed E-state index contributed by atoms with van der Waals surface area (Å²) in [5.41, 5.74) is 4.18. The van der Waals surface area contributed by atoms with Crippen LogP contribution in [0, 0.1) is 17.7 Å². The van der Waals surface area contributed by atoms with Crippen LogP contribution in [0.3, 0.4) is 0 Å². The van der Waals surface area contributed by atoms with Gasteiger partial charge in [0, 0.05) is 30.2 Å². The van der Waals surface area contributed by atoms with E-state index in [0.29, 0.717) is 29.0 Å². The predicted molar refractivity (Wildman–Crippen MR) is 142 cm³/mol. The highest BCUT2D eigenvalue weighted by molar-refractivity contribution is 6.31. The molecule has 192 valence electrons. The third kappa shape index (κ3) is 5.95. The summed E-state index contributed by atoms with van der Waals surface area (Å²) in [5, 5.41) is 3.86. The summed E-state index contributed by atoms with van der Waals surface area (Å²) in [7, 11) is 0. The first kappa shape index (κ1) is 26.2. The number of rotatable bonds is 11. The van der Waals surface area contributed by atoms with Gasteiger partial charge in [-0.15, -0.1) is 0 Å². The average Bonchev–Trinajstić information content (AvgIpc) is 3.47. The van der Waals surface area contributed by atoms with Crippen molar-refractivity contribution in [3.63, 3.8) is 0 Å². The molecule has 3 aliphatic rings. The van der Waals surface area contributed by atoms with Gasteiger partial charge in [-0.1, -0.05) is 75.9 Å². The van der Waals surface area contributed by atoms with E-state index in [9.17, 15) is 0 Å². The molecule has 1 aliphatic heterocycles. The van der Waals surface area contributed by atoms with Crippen molar-refractivity contribution in [2.45, 2.75) is 83.9 Å². The molecule has 6 heteroatoms. The van der Waals surface area contributed by atoms with Crippen LogP contribution in [0.5, 0.6) is 0 Å². The first-order chi connectivity index (χ1) is 17.0. The average molecular weight is 502 g/mol. The van der Waals surface area contributed by atoms with Crippen molar-refractivity contribution in [2.75, 3.05) is 13.1 Å². The molecule has 35 heavy (non-hydrogen) atoms. The summed E-state index contributed by atoms with van der Waals surface area (Å²) in [6.45, 7) is 8.84. The SMILES string of the molecule is CCC/C=C\C=C1/NCCN1Cc1c(F)cc(C2(NOC3CCC[C@H]3C(C)CC)C=CC2)cc1Cl. The van der Waals surface area contributed by atoms with E-state index in [1.54, 1.807) is 6.07 Å². The largest absolute Gasteiger partial charge is 0.370 e. The molecule has 0 bridgehead atoms. The lowest BCUT2D eigenvalue weighted by atomic mass is 9.79. The Bertz CT molecular complexity index is 938. The third-order valence-electron chi connectivity index (χ3n) is 7.99. The molecule has 1 saturated heterocycles. The predicted octanol–water partition coefficient (Wildman–Crippen LogP) is 6.97. The van der Waals surface area contributed by atoms with Gasteiger partial charge in [-0.3, -0.25) is 4.84 Å². The molecule has 0 aromatic heterocycles. The Morgan fingerprint density at radius 3 is 2.86 bits per heavy atom. The minimum Gasteiger partial charge on any atom is -0.370 e. The summed E-state index contributed by atoms with van der Waals surface area (Å²) >= 11 is 6.69. The van der Waals surface area contributed by atoms with Gasteiger partial charge in [0.15, 0.2) is 0 Å². The molecule has 4 nitrogen and oxygen atoms in total. The zero-order valence-electron chi connectivity index (χ0n) is 21.5. The van der Waals surface area contributed by atoms with E-state index in [2.05, 4.69) is 66.8 Å². The third-order valence-corrected chi connectivity index (χ3v) is 8.33. The smallest absolute Gasteiger partial charge is 0.130 e. The molecule has 4 rings (SSSR count). The van der Waals surface area contributed by atoms with Crippen molar-refractivity contribution in [1.82, 2.24) is 15.7 Å². The maximum atomic E-state index is 15.4. The van der Waals surface area contributed by atoms with Gasteiger partial charge in [0.05, 0.1) is 11.6 Å². The molecule has 1 heterocycles. The van der Waals surface area contributed by atoms with E-state index in [-0.39, 0.29) is 11.9 Å². The van der Waals surface area contributed by atoms with Gasteiger partial charge in [0.2, 0.25) is 0 Å². The van der Waals surface area contributed by atoms with Crippen molar-refractivity contribution < 1.29 is 9.23 Å². The Morgan fingerprint density at radius 1 is 1.34 bits per heavy atom. The van der Waals surface area contributed by atoms with Crippen molar-refractivity contribution in [2.24, 2.45) is 11.8 Å². The summed E-state index contributed by atoms with van der Waals surface area (Å²) in [5.74, 6) is 1.96. The number of allylic oxidation sites excluding steroid dienone is 3. The second-order valence-electron chi connectivity index (χ2n) is 10.4. The van der Waals surface area contributed by atoms with Gasteiger partial charge in [-0.25, -0.2) is 4.39 Å². The summed E-state index contributed by atoms with van der Waals surface area (Å²) < 4.78 is 15.4. The van der Waals surface area contributed by atoms with E-state index in [1.165, 1.54) is 12.8 Å². The summed E-state index contributed by atoms with van der Waals surface area (Å²) in [6, 6.07) is 3.55. The monoisotopic (exact) mass is 501 g/mol. The number of halogens is 2. The molecular weight excluding hydrogens is 461 g/mol. The first-order valence-corrected chi connectivity index (χ1v) is 13.8. The number of hydrogen-bond acceptors (Lipinski definition) is 4. The van der Waals surface area contributed by atoms with Crippen molar-refractivity contribution >= 4 is 11.6 Å². The fourth-order valence-corrected chi connectivity index (χ4v) is 5.71. The van der Waals surface area contributed by atoms with Crippen LogP contribution in [0.15, 0.2) is 48.3 Å². The molecule has 2 aliphatic carbocycles. The quantitative estimate of drug-likeness (QED) is 0.253. The van der Waals surface area contributed by atoms with Gasteiger partial charge < -0.3 is 10.2 Å². The van der Waals surface area contributed by atoms with E-state index in [4.69, 9.17) is 16.4 Å². The molecule has 0 amide bonds. The molecular formula is C29H41ClFN3O. The first-order valence-electron chi connectivity index (χ1n) is 13.4. The summed E-state index contributed by atoms with van der Waals surface area (Å²) in [4.78, 5) is 8.44. The van der Waals surface area contributed by atoms with Crippen LogP contribution in [-0.4, -0.2) is 24.1 Å². The summed E-state index contributed by atoms with van der Waals surface area (Å²) in [6.07, 6.45) is 18.3. The number of hydrogen-bond donors (Lipinski definition) is 2. The molecule has 0 radical (unpaired) electrons. The highest BCUT2D eigenvalue weighted by Gasteiger charge is 2.39. The lowest BCUT2D eigenvalue weighted by Gasteiger charge is -2.39. The highest BCUT2D eigenvalue weighted by Crippen LogP contribution is 2.40. The number of hydroxylamine groups is 1. The second kappa shape index (κ2) is 11.9. The lowest BCUT2D eigenvalue weighted by Crippen LogP contribution is -2.47.